The van der Waals surface area contributed by atoms with Crippen LogP contribution >= 0.6 is 0 Å². The average molecular weight is 192 g/mol. The molecule has 0 amide bonds. The van der Waals surface area contributed by atoms with E-state index in [0.29, 0.717) is 0 Å². The molecule has 0 aromatic heterocycles. The minimum Gasteiger partial charge on any atom is -0.435 e. The second kappa shape index (κ2) is 5.13. The van der Waals surface area contributed by atoms with Gasteiger partial charge >= 0.3 is 5.97 Å². The monoisotopic (exact) mass is 192 g/mol. The molecule has 0 aromatic carbocycles. The standard InChI is InChI=1S/C7H12O6/c8-3-11-2-5-1-6(10)13-7(5)12-4-9/h5,7-9H,1-4H2. The number of ether oxygens (including phenoxy) is 3. The van der Waals surface area contributed by atoms with Crippen molar-refractivity contribution in [2.75, 3.05) is 20.2 Å². The number of rotatable bonds is 5. The smallest absolute Gasteiger partial charge is 0.308 e. The second-order valence-corrected chi connectivity index (χ2v) is 2.62. The average Bonchev–Trinajstić information content (AvgIpc) is 2.44. The van der Waals surface area contributed by atoms with Gasteiger partial charge < -0.3 is 24.4 Å². The Bertz CT molecular complexity index is 170. The lowest BCUT2D eigenvalue weighted by atomic mass is 10.1. The summed E-state index contributed by atoms with van der Waals surface area (Å²) in [6.45, 7) is -0.739. The number of esters is 1. The molecule has 1 rings (SSSR count). The van der Waals surface area contributed by atoms with Crippen molar-refractivity contribution in [2.24, 2.45) is 5.92 Å². The van der Waals surface area contributed by atoms with Crippen LogP contribution in [0.3, 0.4) is 0 Å². The van der Waals surface area contributed by atoms with Crippen molar-refractivity contribution in [3.8, 4) is 0 Å². The summed E-state index contributed by atoms with van der Waals surface area (Å²) in [4.78, 5) is 10.8. The lowest BCUT2D eigenvalue weighted by Gasteiger charge is -2.15. The van der Waals surface area contributed by atoms with Gasteiger partial charge in [-0.25, -0.2) is 0 Å². The van der Waals surface area contributed by atoms with Gasteiger partial charge in [0, 0.05) is 0 Å². The Morgan fingerprint density at radius 1 is 1.46 bits per heavy atom. The van der Waals surface area contributed by atoms with Crippen LogP contribution in [0.5, 0.6) is 0 Å². The van der Waals surface area contributed by atoms with Gasteiger partial charge in [0.25, 0.3) is 0 Å². The van der Waals surface area contributed by atoms with Crippen LogP contribution < -0.4 is 0 Å². The van der Waals surface area contributed by atoms with Gasteiger partial charge in [-0.05, 0) is 0 Å². The number of aliphatic hydroxyl groups excluding tert-OH is 2. The Balaban J connectivity index is 2.36. The molecule has 1 aliphatic heterocycles. The molecule has 6 nitrogen and oxygen atoms in total. The molecule has 1 heterocycles. The number of carbonyl (C=O) groups excluding carboxylic acids is 1. The van der Waals surface area contributed by atoms with E-state index in [-0.39, 0.29) is 24.9 Å². The number of aliphatic hydroxyl groups is 2. The first-order valence-corrected chi connectivity index (χ1v) is 3.88. The molecule has 13 heavy (non-hydrogen) atoms. The molecule has 0 aliphatic carbocycles. The van der Waals surface area contributed by atoms with Gasteiger partial charge in [-0.3, -0.25) is 4.79 Å². The van der Waals surface area contributed by atoms with Gasteiger partial charge in [0.1, 0.15) is 13.6 Å². The largest absolute Gasteiger partial charge is 0.435 e. The number of cyclic esters (lactones) is 1. The van der Waals surface area contributed by atoms with Gasteiger partial charge in [0.2, 0.25) is 6.29 Å². The summed E-state index contributed by atoms with van der Waals surface area (Å²) in [6.07, 6.45) is -0.575. The first-order chi connectivity index (χ1) is 6.27. The molecule has 1 saturated heterocycles. The summed E-state index contributed by atoms with van der Waals surface area (Å²) in [6, 6.07) is 0. The highest BCUT2D eigenvalue weighted by molar-refractivity contribution is 5.71. The molecule has 1 aliphatic rings. The van der Waals surface area contributed by atoms with Crippen LogP contribution in [0.1, 0.15) is 6.42 Å². The fourth-order valence-corrected chi connectivity index (χ4v) is 1.17. The number of carbonyl (C=O) groups is 1. The van der Waals surface area contributed by atoms with E-state index in [1.807, 2.05) is 0 Å². The molecular weight excluding hydrogens is 180 g/mol. The molecule has 0 radical (unpaired) electrons. The lowest BCUT2D eigenvalue weighted by molar-refractivity contribution is -0.190. The number of hydrogen-bond acceptors (Lipinski definition) is 6. The van der Waals surface area contributed by atoms with Crippen LogP contribution in [0.15, 0.2) is 0 Å². The summed E-state index contributed by atoms with van der Waals surface area (Å²) in [5.74, 6) is -0.642. The Morgan fingerprint density at radius 2 is 2.23 bits per heavy atom. The molecule has 0 saturated carbocycles. The van der Waals surface area contributed by atoms with Crippen LogP contribution in [0.4, 0.5) is 0 Å². The molecule has 76 valence electrons. The lowest BCUT2D eigenvalue weighted by Crippen LogP contribution is -2.24. The fraction of sp³-hybridized carbons (Fsp3) is 0.857. The highest BCUT2D eigenvalue weighted by atomic mass is 16.7. The molecule has 2 unspecified atom stereocenters. The van der Waals surface area contributed by atoms with E-state index in [1.165, 1.54) is 0 Å². The Kier molecular flexibility index (Phi) is 4.10. The SMILES string of the molecule is O=C1CC(COCO)C(OCO)O1. The van der Waals surface area contributed by atoms with Crippen molar-refractivity contribution < 1.29 is 29.2 Å². The second-order valence-electron chi connectivity index (χ2n) is 2.62. The third-order valence-electron chi connectivity index (χ3n) is 1.72. The normalized spacial score (nSPS) is 27.7. The van der Waals surface area contributed by atoms with Crippen LogP contribution in [0, 0.1) is 5.92 Å². The van der Waals surface area contributed by atoms with Gasteiger partial charge in [-0.1, -0.05) is 0 Å². The molecular formula is C7H12O6. The third kappa shape index (κ3) is 2.92. The van der Waals surface area contributed by atoms with Gasteiger partial charge in [0.15, 0.2) is 0 Å². The maximum absolute atomic E-state index is 10.8. The molecule has 0 bridgehead atoms. The van der Waals surface area contributed by atoms with Gasteiger partial charge in [-0.2, -0.15) is 0 Å². The fourth-order valence-electron chi connectivity index (χ4n) is 1.17. The minimum atomic E-state index is -0.760. The van der Waals surface area contributed by atoms with E-state index < -0.39 is 19.9 Å². The highest BCUT2D eigenvalue weighted by Gasteiger charge is 2.35. The van der Waals surface area contributed by atoms with Crippen LogP contribution in [0.2, 0.25) is 0 Å². The van der Waals surface area contributed by atoms with Gasteiger partial charge in [0.05, 0.1) is 18.9 Å². The first-order valence-electron chi connectivity index (χ1n) is 3.88. The van der Waals surface area contributed by atoms with E-state index in [0.717, 1.165) is 0 Å². The Labute approximate surface area is 75.0 Å². The highest BCUT2D eigenvalue weighted by Crippen LogP contribution is 2.23. The Hall–Kier alpha value is -0.690. The quantitative estimate of drug-likeness (QED) is 0.420. The molecule has 0 spiro atoms. The first kappa shape index (κ1) is 10.4. The molecule has 2 N–H and O–H groups in total. The van der Waals surface area contributed by atoms with Crippen molar-refractivity contribution in [3.63, 3.8) is 0 Å². The summed E-state index contributed by atoms with van der Waals surface area (Å²) >= 11 is 0. The summed E-state index contributed by atoms with van der Waals surface area (Å²) in [5, 5.41) is 16.8. The minimum absolute atomic E-state index is 0.174. The number of hydrogen-bond donors (Lipinski definition) is 2. The zero-order valence-electron chi connectivity index (χ0n) is 7.01. The molecule has 0 aromatic rings. The van der Waals surface area contributed by atoms with Crippen molar-refractivity contribution >= 4 is 5.97 Å². The summed E-state index contributed by atoms with van der Waals surface area (Å²) in [7, 11) is 0. The maximum atomic E-state index is 10.8. The topological polar surface area (TPSA) is 85.2 Å². The van der Waals surface area contributed by atoms with Crippen LogP contribution in [0.25, 0.3) is 0 Å². The van der Waals surface area contributed by atoms with E-state index in [9.17, 15) is 4.79 Å². The van der Waals surface area contributed by atoms with E-state index in [1.54, 1.807) is 0 Å². The van der Waals surface area contributed by atoms with E-state index in [2.05, 4.69) is 0 Å². The van der Waals surface area contributed by atoms with Crippen molar-refractivity contribution in [1.29, 1.82) is 0 Å². The summed E-state index contributed by atoms with van der Waals surface area (Å²) in [5.41, 5.74) is 0. The van der Waals surface area contributed by atoms with Crippen molar-refractivity contribution in [2.45, 2.75) is 12.7 Å². The predicted octanol–water partition coefficient (Wildman–Crippen LogP) is -1.19. The van der Waals surface area contributed by atoms with Crippen molar-refractivity contribution in [3.05, 3.63) is 0 Å². The molecule has 6 heteroatoms. The van der Waals surface area contributed by atoms with E-state index >= 15 is 0 Å². The van der Waals surface area contributed by atoms with Crippen LogP contribution in [-0.2, 0) is 19.0 Å². The molecule has 2 atom stereocenters. The third-order valence-corrected chi connectivity index (χ3v) is 1.72. The zero-order valence-corrected chi connectivity index (χ0v) is 7.01. The van der Waals surface area contributed by atoms with Crippen LogP contribution in [-0.4, -0.2) is 42.7 Å². The zero-order chi connectivity index (χ0) is 9.68. The predicted molar refractivity (Wildman–Crippen MR) is 39.2 cm³/mol. The molecule has 1 fully saturated rings. The Morgan fingerprint density at radius 3 is 2.85 bits per heavy atom. The van der Waals surface area contributed by atoms with Gasteiger partial charge in [-0.15, -0.1) is 0 Å². The van der Waals surface area contributed by atoms with E-state index in [4.69, 9.17) is 24.4 Å². The summed E-state index contributed by atoms with van der Waals surface area (Å²) < 4.78 is 14.2. The van der Waals surface area contributed by atoms with Crippen molar-refractivity contribution in [1.82, 2.24) is 0 Å². The maximum Gasteiger partial charge on any atom is 0.308 e.